The van der Waals surface area contributed by atoms with Crippen LogP contribution in [0, 0.1) is 6.92 Å². The molecule has 1 amide bonds. The summed E-state index contributed by atoms with van der Waals surface area (Å²) in [5.41, 5.74) is 2.29. The quantitative estimate of drug-likeness (QED) is 0.882. The summed E-state index contributed by atoms with van der Waals surface area (Å²) >= 11 is 6.07. The number of carbonyl (C=O) groups is 1. The van der Waals surface area contributed by atoms with Gasteiger partial charge in [0.1, 0.15) is 0 Å². The highest BCUT2D eigenvalue weighted by Gasteiger charge is 2.27. The lowest BCUT2D eigenvalue weighted by molar-refractivity contribution is 0.102. The Morgan fingerprint density at radius 3 is 2.64 bits per heavy atom. The fourth-order valence-corrected chi connectivity index (χ4v) is 4.71. The molecule has 0 aliphatic carbocycles. The number of carbonyl (C=O) groups excluding carboxylic acids is 1. The zero-order chi connectivity index (χ0) is 18.0. The van der Waals surface area contributed by atoms with Crippen LogP contribution in [-0.4, -0.2) is 26.6 Å². The van der Waals surface area contributed by atoms with Crippen molar-refractivity contribution < 1.29 is 13.2 Å². The number of para-hydroxylation sites is 1. The highest BCUT2D eigenvalue weighted by molar-refractivity contribution is 7.92. The van der Waals surface area contributed by atoms with Crippen molar-refractivity contribution in [1.29, 1.82) is 0 Å². The van der Waals surface area contributed by atoms with E-state index >= 15 is 0 Å². The van der Waals surface area contributed by atoms with Crippen molar-refractivity contribution in [3.05, 3.63) is 58.6 Å². The third-order valence-corrected chi connectivity index (χ3v) is 6.40. The molecular formula is C18H19ClN2O3S. The van der Waals surface area contributed by atoms with E-state index < -0.39 is 10.0 Å². The number of rotatable bonds is 3. The van der Waals surface area contributed by atoms with Crippen LogP contribution in [0.15, 0.2) is 42.5 Å². The van der Waals surface area contributed by atoms with E-state index in [1.54, 1.807) is 42.5 Å². The van der Waals surface area contributed by atoms with Gasteiger partial charge in [-0.2, -0.15) is 0 Å². The largest absolute Gasteiger partial charge is 0.321 e. The van der Waals surface area contributed by atoms with Crippen LogP contribution in [0.25, 0.3) is 0 Å². The van der Waals surface area contributed by atoms with Gasteiger partial charge in [-0.25, -0.2) is 8.42 Å². The Labute approximate surface area is 152 Å². The predicted octanol–water partition coefficient (Wildman–Crippen LogP) is 3.83. The molecule has 0 spiro atoms. The molecule has 5 nitrogen and oxygen atoms in total. The zero-order valence-corrected chi connectivity index (χ0v) is 15.4. The number of nitrogens with zero attached hydrogens (tertiary/aromatic N) is 1. The number of halogens is 1. The number of aryl methyl sites for hydroxylation is 1. The number of sulfonamides is 1. The average Bonchev–Trinajstić information content (AvgIpc) is 2.57. The molecular weight excluding hydrogens is 360 g/mol. The van der Waals surface area contributed by atoms with Crippen molar-refractivity contribution in [3.63, 3.8) is 0 Å². The van der Waals surface area contributed by atoms with Crippen LogP contribution in [0.4, 0.5) is 11.4 Å². The Morgan fingerprint density at radius 1 is 1.16 bits per heavy atom. The smallest absolute Gasteiger partial charge is 0.255 e. The molecule has 0 aromatic heterocycles. The molecule has 2 aromatic carbocycles. The summed E-state index contributed by atoms with van der Waals surface area (Å²) in [6.45, 7) is 2.29. The van der Waals surface area contributed by atoms with Crippen molar-refractivity contribution in [2.24, 2.45) is 0 Å². The molecule has 132 valence electrons. The van der Waals surface area contributed by atoms with Gasteiger partial charge in [0.05, 0.1) is 22.2 Å². The maximum absolute atomic E-state index is 12.5. The van der Waals surface area contributed by atoms with E-state index in [0.717, 1.165) is 12.0 Å². The van der Waals surface area contributed by atoms with Gasteiger partial charge in [-0.1, -0.05) is 29.8 Å². The van der Waals surface area contributed by atoms with E-state index in [4.69, 9.17) is 11.6 Å². The normalized spacial score (nSPS) is 16.5. The molecule has 3 rings (SSSR count). The molecule has 0 bridgehead atoms. The van der Waals surface area contributed by atoms with Crippen LogP contribution in [0.1, 0.15) is 28.8 Å². The topological polar surface area (TPSA) is 66.5 Å². The monoisotopic (exact) mass is 378 g/mol. The number of nitrogens with one attached hydrogen (secondary N) is 1. The van der Waals surface area contributed by atoms with Crippen LogP contribution >= 0.6 is 11.6 Å². The standard InChI is InChI=1S/C18H19ClN2O3S/c1-13-8-9-14(18(22)20-16-7-3-2-6-15(16)19)12-17(13)21-10-4-5-11-25(21,23)24/h2-3,6-9,12H,4-5,10-11H2,1H3,(H,20,22). The second kappa shape index (κ2) is 7.06. The lowest BCUT2D eigenvalue weighted by atomic mass is 10.1. The first kappa shape index (κ1) is 17.8. The van der Waals surface area contributed by atoms with E-state index in [1.165, 1.54) is 4.31 Å². The predicted molar refractivity (Wildman–Crippen MR) is 101 cm³/mol. The van der Waals surface area contributed by atoms with Gasteiger partial charge in [0, 0.05) is 12.1 Å². The minimum Gasteiger partial charge on any atom is -0.321 e. The number of hydrogen-bond donors (Lipinski definition) is 1. The van der Waals surface area contributed by atoms with Crippen LogP contribution in [0.2, 0.25) is 5.02 Å². The Morgan fingerprint density at radius 2 is 1.92 bits per heavy atom. The average molecular weight is 379 g/mol. The lowest BCUT2D eigenvalue weighted by Crippen LogP contribution is -2.38. The molecule has 1 heterocycles. The highest BCUT2D eigenvalue weighted by Crippen LogP contribution is 2.28. The van der Waals surface area contributed by atoms with Gasteiger partial charge in [0.25, 0.3) is 5.91 Å². The third-order valence-electron chi connectivity index (χ3n) is 4.21. The molecule has 0 unspecified atom stereocenters. The van der Waals surface area contributed by atoms with E-state index in [9.17, 15) is 13.2 Å². The molecule has 1 aliphatic rings. The van der Waals surface area contributed by atoms with Crippen LogP contribution in [0.3, 0.4) is 0 Å². The molecule has 1 N–H and O–H groups in total. The molecule has 1 fully saturated rings. The first-order valence-electron chi connectivity index (χ1n) is 8.05. The highest BCUT2D eigenvalue weighted by atomic mass is 35.5. The molecule has 7 heteroatoms. The molecule has 1 saturated heterocycles. The maximum atomic E-state index is 12.5. The molecule has 1 aliphatic heterocycles. The van der Waals surface area contributed by atoms with Crippen molar-refractivity contribution >= 4 is 38.9 Å². The Balaban J connectivity index is 1.91. The van der Waals surface area contributed by atoms with Crippen molar-refractivity contribution in [2.45, 2.75) is 19.8 Å². The summed E-state index contributed by atoms with van der Waals surface area (Å²) in [5.74, 6) is -0.188. The third kappa shape index (κ3) is 3.80. The summed E-state index contributed by atoms with van der Waals surface area (Å²) < 4.78 is 26.1. The van der Waals surface area contributed by atoms with Gasteiger partial charge in [0.2, 0.25) is 10.0 Å². The van der Waals surface area contributed by atoms with Crippen LogP contribution < -0.4 is 9.62 Å². The zero-order valence-electron chi connectivity index (χ0n) is 13.8. The molecule has 0 saturated carbocycles. The summed E-state index contributed by atoms with van der Waals surface area (Å²) in [6.07, 6.45) is 1.49. The van der Waals surface area contributed by atoms with E-state index in [2.05, 4.69) is 5.32 Å². The minimum absolute atomic E-state index is 0.141. The van der Waals surface area contributed by atoms with Gasteiger partial charge < -0.3 is 5.32 Å². The lowest BCUT2D eigenvalue weighted by Gasteiger charge is -2.29. The molecule has 2 aromatic rings. The van der Waals surface area contributed by atoms with E-state index in [0.29, 0.717) is 34.9 Å². The molecule has 0 atom stereocenters. The molecule has 0 radical (unpaired) electrons. The van der Waals surface area contributed by atoms with Crippen LogP contribution in [0.5, 0.6) is 0 Å². The second-order valence-electron chi connectivity index (χ2n) is 6.03. The Bertz CT molecular complexity index is 912. The van der Waals surface area contributed by atoms with Gasteiger partial charge in [-0.15, -0.1) is 0 Å². The first-order chi connectivity index (χ1) is 11.9. The summed E-state index contributed by atoms with van der Waals surface area (Å²) in [7, 11) is -3.33. The van der Waals surface area contributed by atoms with Crippen molar-refractivity contribution in [2.75, 3.05) is 21.9 Å². The fraction of sp³-hybridized carbons (Fsp3) is 0.278. The van der Waals surface area contributed by atoms with Crippen molar-refractivity contribution in [3.8, 4) is 0 Å². The fourth-order valence-electron chi connectivity index (χ4n) is 2.84. The number of anilines is 2. The summed E-state index contributed by atoms with van der Waals surface area (Å²) in [5, 5.41) is 3.20. The maximum Gasteiger partial charge on any atom is 0.255 e. The van der Waals surface area contributed by atoms with Gasteiger partial charge in [-0.3, -0.25) is 9.10 Å². The van der Waals surface area contributed by atoms with Gasteiger partial charge >= 0.3 is 0 Å². The molecule has 25 heavy (non-hydrogen) atoms. The van der Waals surface area contributed by atoms with E-state index in [-0.39, 0.29) is 11.7 Å². The SMILES string of the molecule is Cc1ccc(C(=O)Nc2ccccc2Cl)cc1N1CCCCS1(=O)=O. The van der Waals surface area contributed by atoms with Crippen LogP contribution in [-0.2, 0) is 10.0 Å². The van der Waals surface area contributed by atoms with E-state index in [1.807, 2.05) is 6.92 Å². The summed E-state index contributed by atoms with van der Waals surface area (Å²) in [4.78, 5) is 12.5. The number of benzene rings is 2. The Kier molecular flexibility index (Phi) is 5.01. The number of amides is 1. The summed E-state index contributed by atoms with van der Waals surface area (Å²) in [6, 6.07) is 12.0. The first-order valence-corrected chi connectivity index (χ1v) is 10.0. The van der Waals surface area contributed by atoms with Gasteiger partial charge in [0.15, 0.2) is 0 Å². The Hall–Kier alpha value is -2.05. The second-order valence-corrected chi connectivity index (χ2v) is 8.45. The minimum atomic E-state index is -3.33. The number of hydrogen-bond acceptors (Lipinski definition) is 3. The van der Waals surface area contributed by atoms with Crippen molar-refractivity contribution in [1.82, 2.24) is 0 Å². The van der Waals surface area contributed by atoms with Gasteiger partial charge in [-0.05, 0) is 49.6 Å².